The molecule has 1 N–H and O–H groups in total. The van der Waals surface area contributed by atoms with Crippen LogP contribution in [0.4, 0.5) is 0 Å². The number of ether oxygens (including phenoxy) is 1. The molecular formula is C10H17NO2. The SMILES string of the molecule is C/C=C\C(=C/CNC(=O)CC)OC. The minimum absolute atomic E-state index is 0.0483. The van der Waals surface area contributed by atoms with E-state index in [1.54, 1.807) is 7.11 Å². The Hall–Kier alpha value is -1.25. The molecule has 0 spiro atoms. The molecule has 0 aliphatic rings. The molecule has 0 unspecified atom stereocenters. The van der Waals surface area contributed by atoms with E-state index in [0.717, 1.165) is 5.76 Å². The predicted molar refractivity (Wildman–Crippen MR) is 53.2 cm³/mol. The van der Waals surface area contributed by atoms with Gasteiger partial charge in [-0.1, -0.05) is 13.0 Å². The molecule has 0 aromatic carbocycles. The molecule has 0 radical (unpaired) electrons. The Morgan fingerprint density at radius 2 is 2.23 bits per heavy atom. The number of carbonyl (C=O) groups is 1. The average molecular weight is 183 g/mol. The van der Waals surface area contributed by atoms with Crippen LogP contribution in [-0.2, 0) is 9.53 Å². The van der Waals surface area contributed by atoms with Gasteiger partial charge < -0.3 is 10.1 Å². The fourth-order valence-corrected chi connectivity index (χ4v) is 0.774. The van der Waals surface area contributed by atoms with E-state index in [0.29, 0.717) is 13.0 Å². The Morgan fingerprint density at radius 3 is 2.69 bits per heavy atom. The van der Waals surface area contributed by atoms with Gasteiger partial charge >= 0.3 is 0 Å². The van der Waals surface area contributed by atoms with Crippen molar-refractivity contribution in [2.24, 2.45) is 0 Å². The molecule has 0 aromatic heterocycles. The summed E-state index contributed by atoms with van der Waals surface area (Å²) in [7, 11) is 1.60. The maximum Gasteiger partial charge on any atom is 0.219 e. The number of carbonyl (C=O) groups excluding carboxylic acids is 1. The van der Waals surface area contributed by atoms with Gasteiger partial charge in [0, 0.05) is 13.0 Å². The number of amides is 1. The van der Waals surface area contributed by atoms with Crippen LogP contribution in [0.5, 0.6) is 0 Å². The van der Waals surface area contributed by atoms with Crippen LogP contribution in [0, 0.1) is 0 Å². The summed E-state index contributed by atoms with van der Waals surface area (Å²) >= 11 is 0. The fourth-order valence-electron chi connectivity index (χ4n) is 0.774. The lowest BCUT2D eigenvalue weighted by molar-refractivity contribution is -0.120. The van der Waals surface area contributed by atoms with E-state index in [1.807, 2.05) is 32.1 Å². The number of methoxy groups -OCH3 is 1. The molecule has 0 aliphatic heterocycles. The highest BCUT2D eigenvalue weighted by Gasteiger charge is 1.93. The quantitative estimate of drug-likeness (QED) is 0.519. The topological polar surface area (TPSA) is 38.3 Å². The van der Waals surface area contributed by atoms with Gasteiger partial charge in [0.1, 0.15) is 5.76 Å². The summed E-state index contributed by atoms with van der Waals surface area (Å²) in [6.45, 7) is 4.25. The monoisotopic (exact) mass is 183 g/mol. The molecule has 3 heteroatoms. The van der Waals surface area contributed by atoms with Gasteiger partial charge in [0.2, 0.25) is 5.91 Å². The molecular weight excluding hydrogens is 166 g/mol. The summed E-state index contributed by atoms with van der Waals surface area (Å²) in [6, 6.07) is 0. The Balaban J connectivity index is 3.86. The van der Waals surface area contributed by atoms with Crippen molar-refractivity contribution >= 4 is 5.91 Å². The first kappa shape index (κ1) is 11.8. The second-order valence-electron chi connectivity index (χ2n) is 2.47. The Labute approximate surface area is 79.5 Å². The molecule has 0 fully saturated rings. The van der Waals surface area contributed by atoms with Crippen LogP contribution in [-0.4, -0.2) is 19.6 Å². The van der Waals surface area contributed by atoms with Crippen molar-refractivity contribution in [3.63, 3.8) is 0 Å². The van der Waals surface area contributed by atoms with Gasteiger partial charge in [-0.05, 0) is 19.1 Å². The van der Waals surface area contributed by atoms with Gasteiger partial charge in [-0.2, -0.15) is 0 Å². The van der Waals surface area contributed by atoms with E-state index in [9.17, 15) is 4.79 Å². The van der Waals surface area contributed by atoms with Crippen molar-refractivity contribution < 1.29 is 9.53 Å². The van der Waals surface area contributed by atoms with Crippen LogP contribution in [0.1, 0.15) is 20.3 Å². The van der Waals surface area contributed by atoms with Crippen molar-refractivity contribution in [3.05, 3.63) is 24.0 Å². The summed E-state index contributed by atoms with van der Waals surface area (Å²) in [4.78, 5) is 10.8. The van der Waals surface area contributed by atoms with Gasteiger partial charge in [-0.15, -0.1) is 0 Å². The van der Waals surface area contributed by atoms with Crippen molar-refractivity contribution in [2.45, 2.75) is 20.3 Å². The Kier molecular flexibility index (Phi) is 6.69. The lowest BCUT2D eigenvalue weighted by atomic mass is 10.4. The second kappa shape index (κ2) is 7.40. The highest BCUT2D eigenvalue weighted by Crippen LogP contribution is 1.95. The van der Waals surface area contributed by atoms with Crippen LogP contribution < -0.4 is 5.32 Å². The van der Waals surface area contributed by atoms with Crippen LogP contribution in [0.2, 0.25) is 0 Å². The molecule has 3 nitrogen and oxygen atoms in total. The zero-order valence-electron chi connectivity index (χ0n) is 8.46. The van der Waals surface area contributed by atoms with E-state index in [1.165, 1.54) is 0 Å². The Bertz CT molecular complexity index is 207. The number of hydrogen-bond acceptors (Lipinski definition) is 2. The van der Waals surface area contributed by atoms with Crippen LogP contribution in [0.15, 0.2) is 24.0 Å². The van der Waals surface area contributed by atoms with Crippen molar-refractivity contribution in [3.8, 4) is 0 Å². The maximum atomic E-state index is 10.8. The summed E-state index contributed by atoms with van der Waals surface area (Å²) in [5.41, 5.74) is 0. The first-order valence-electron chi connectivity index (χ1n) is 4.38. The lowest BCUT2D eigenvalue weighted by Crippen LogP contribution is -2.22. The van der Waals surface area contributed by atoms with E-state index in [4.69, 9.17) is 4.74 Å². The molecule has 0 heterocycles. The highest BCUT2D eigenvalue weighted by atomic mass is 16.5. The third-order valence-corrected chi connectivity index (χ3v) is 1.49. The predicted octanol–water partition coefficient (Wildman–Crippen LogP) is 1.62. The third kappa shape index (κ3) is 5.96. The molecule has 0 aliphatic carbocycles. The first-order chi connectivity index (χ1) is 6.24. The number of allylic oxidation sites excluding steroid dienone is 2. The Morgan fingerprint density at radius 1 is 1.54 bits per heavy atom. The zero-order chi connectivity index (χ0) is 10.1. The third-order valence-electron chi connectivity index (χ3n) is 1.49. The first-order valence-corrected chi connectivity index (χ1v) is 4.38. The van der Waals surface area contributed by atoms with E-state index >= 15 is 0 Å². The zero-order valence-corrected chi connectivity index (χ0v) is 8.46. The van der Waals surface area contributed by atoms with Crippen LogP contribution >= 0.6 is 0 Å². The van der Waals surface area contributed by atoms with Crippen molar-refractivity contribution in [1.82, 2.24) is 5.32 Å². The summed E-state index contributed by atoms with van der Waals surface area (Å²) in [5.74, 6) is 0.811. The number of nitrogens with one attached hydrogen (secondary N) is 1. The molecule has 0 atom stereocenters. The summed E-state index contributed by atoms with van der Waals surface area (Å²) in [5, 5.41) is 2.73. The largest absolute Gasteiger partial charge is 0.497 e. The van der Waals surface area contributed by atoms with Crippen molar-refractivity contribution in [2.75, 3.05) is 13.7 Å². The van der Waals surface area contributed by atoms with Gasteiger partial charge in [0.25, 0.3) is 0 Å². The molecule has 0 bridgehead atoms. The summed E-state index contributed by atoms with van der Waals surface area (Å²) in [6.07, 6.45) is 6.07. The normalized spacial score (nSPS) is 11.8. The number of hydrogen-bond donors (Lipinski definition) is 1. The standard InChI is InChI=1S/C10H17NO2/c1-4-6-9(13-3)7-8-11-10(12)5-2/h4,6-7H,5,8H2,1-3H3,(H,11,12)/b6-4-,9-7+. The number of rotatable bonds is 5. The molecule has 0 aromatic rings. The minimum atomic E-state index is 0.0483. The highest BCUT2D eigenvalue weighted by molar-refractivity contribution is 5.75. The second-order valence-corrected chi connectivity index (χ2v) is 2.47. The molecule has 74 valence electrons. The van der Waals surface area contributed by atoms with Crippen LogP contribution in [0.3, 0.4) is 0 Å². The van der Waals surface area contributed by atoms with E-state index in [-0.39, 0.29) is 5.91 Å². The summed E-state index contributed by atoms with van der Waals surface area (Å²) < 4.78 is 5.03. The van der Waals surface area contributed by atoms with Gasteiger partial charge in [-0.3, -0.25) is 4.79 Å². The lowest BCUT2D eigenvalue weighted by Gasteiger charge is -2.01. The van der Waals surface area contributed by atoms with Crippen molar-refractivity contribution in [1.29, 1.82) is 0 Å². The molecule has 1 amide bonds. The molecule has 0 saturated carbocycles. The van der Waals surface area contributed by atoms with Gasteiger partial charge in [0.15, 0.2) is 0 Å². The molecule has 0 rings (SSSR count). The smallest absolute Gasteiger partial charge is 0.219 e. The fraction of sp³-hybridized carbons (Fsp3) is 0.500. The van der Waals surface area contributed by atoms with Gasteiger partial charge in [0.05, 0.1) is 7.11 Å². The average Bonchev–Trinajstić information content (AvgIpc) is 2.16. The van der Waals surface area contributed by atoms with Gasteiger partial charge in [-0.25, -0.2) is 0 Å². The van der Waals surface area contributed by atoms with E-state index < -0.39 is 0 Å². The molecule has 0 saturated heterocycles. The minimum Gasteiger partial charge on any atom is -0.497 e. The van der Waals surface area contributed by atoms with Crippen LogP contribution in [0.25, 0.3) is 0 Å². The molecule has 13 heavy (non-hydrogen) atoms. The maximum absolute atomic E-state index is 10.8. The van der Waals surface area contributed by atoms with E-state index in [2.05, 4.69) is 5.32 Å².